The van der Waals surface area contributed by atoms with Crippen LogP contribution in [-0.4, -0.2) is 0 Å². The van der Waals surface area contributed by atoms with Crippen LogP contribution in [0.25, 0.3) is 0 Å². The van der Waals surface area contributed by atoms with Crippen molar-refractivity contribution in [1.29, 1.82) is 0 Å². The van der Waals surface area contributed by atoms with Gasteiger partial charge in [-0.3, -0.25) is 0 Å². The smallest absolute Gasteiger partial charge is 0.0383 e. The van der Waals surface area contributed by atoms with E-state index in [1.54, 1.807) is 0 Å². The highest BCUT2D eigenvalue weighted by molar-refractivity contribution is 4.61. The van der Waals surface area contributed by atoms with Crippen molar-refractivity contribution in [3.8, 4) is 0 Å². The predicted octanol–water partition coefficient (Wildman–Crippen LogP) is 5.13. The molecule has 0 aliphatic rings. The molecule has 0 nitrogen and oxygen atoms in total. The molecule has 0 aromatic heterocycles. The molecule has 0 aliphatic heterocycles. The standard InChI is InChI=1S/C9H20.C2H6.CH4/c1-8(2)6-7-9(3,4)5;1-2;/h8H,6-7H2,1-5H3;1-2H3;1H4. The number of hydrogen-bond donors (Lipinski definition) is 0. The van der Waals surface area contributed by atoms with E-state index in [1.165, 1.54) is 12.8 Å². The van der Waals surface area contributed by atoms with Crippen molar-refractivity contribution in [2.45, 2.75) is 68.7 Å². The van der Waals surface area contributed by atoms with Crippen LogP contribution in [0, 0.1) is 11.3 Å². The average molecular weight is 174 g/mol. The minimum atomic E-state index is 0. The number of hydrogen-bond acceptors (Lipinski definition) is 0. The van der Waals surface area contributed by atoms with Crippen molar-refractivity contribution in [1.82, 2.24) is 0 Å². The van der Waals surface area contributed by atoms with E-state index in [0.29, 0.717) is 5.41 Å². The lowest BCUT2D eigenvalue weighted by molar-refractivity contribution is 0.338. The Bertz CT molecular complexity index is 64.6. The molecular formula is C12H30. The van der Waals surface area contributed by atoms with E-state index in [9.17, 15) is 0 Å². The summed E-state index contributed by atoms with van der Waals surface area (Å²) >= 11 is 0. The van der Waals surface area contributed by atoms with Gasteiger partial charge in [-0.2, -0.15) is 0 Å². The Labute approximate surface area is 80.8 Å². The van der Waals surface area contributed by atoms with Crippen LogP contribution in [-0.2, 0) is 0 Å². The molecule has 0 aromatic rings. The van der Waals surface area contributed by atoms with E-state index < -0.39 is 0 Å². The van der Waals surface area contributed by atoms with Gasteiger partial charge in [-0.15, -0.1) is 0 Å². The zero-order chi connectivity index (χ0) is 9.49. The molecule has 12 heavy (non-hydrogen) atoms. The van der Waals surface area contributed by atoms with E-state index in [0.717, 1.165) is 5.92 Å². The van der Waals surface area contributed by atoms with E-state index in [2.05, 4.69) is 34.6 Å². The maximum atomic E-state index is 2.30. The summed E-state index contributed by atoms with van der Waals surface area (Å²) < 4.78 is 0. The summed E-state index contributed by atoms with van der Waals surface area (Å²) in [5, 5.41) is 0. The molecular weight excluding hydrogens is 144 g/mol. The first-order chi connectivity index (χ1) is 4.92. The van der Waals surface area contributed by atoms with Gasteiger partial charge in [-0.25, -0.2) is 0 Å². The van der Waals surface area contributed by atoms with Gasteiger partial charge in [0.05, 0.1) is 0 Å². The largest absolute Gasteiger partial charge is 0.0776 e. The molecule has 0 saturated heterocycles. The van der Waals surface area contributed by atoms with Gasteiger partial charge in [0.2, 0.25) is 0 Å². The van der Waals surface area contributed by atoms with Gasteiger partial charge < -0.3 is 0 Å². The third-order valence-electron chi connectivity index (χ3n) is 1.47. The molecule has 0 aliphatic carbocycles. The monoisotopic (exact) mass is 174 g/mol. The van der Waals surface area contributed by atoms with Crippen LogP contribution in [0.3, 0.4) is 0 Å². The van der Waals surface area contributed by atoms with E-state index >= 15 is 0 Å². The van der Waals surface area contributed by atoms with Gasteiger partial charge in [0.15, 0.2) is 0 Å². The lowest BCUT2D eigenvalue weighted by Gasteiger charge is -2.18. The molecule has 0 heterocycles. The summed E-state index contributed by atoms with van der Waals surface area (Å²) in [5.74, 6) is 0.865. The Hall–Kier alpha value is 0. The minimum Gasteiger partial charge on any atom is -0.0776 e. The molecule has 0 bridgehead atoms. The first-order valence-electron chi connectivity index (χ1n) is 4.92. The second-order valence-corrected chi connectivity index (χ2v) is 4.49. The van der Waals surface area contributed by atoms with E-state index in [4.69, 9.17) is 0 Å². The Morgan fingerprint density at radius 3 is 1.42 bits per heavy atom. The van der Waals surface area contributed by atoms with E-state index in [-0.39, 0.29) is 7.43 Å². The van der Waals surface area contributed by atoms with Gasteiger partial charge in [-0.05, 0) is 17.8 Å². The van der Waals surface area contributed by atoms with Crippen molar-refractivity contribution in [3.05, 3.63) is 0 Å². The maximum Gasteiger partial charge on any atom is -0.0383 e. The van der Waals surface area contributed by atoms with Gasteiger partial charge in [0.25, 0.3) is 0 Å². The minimum absolute atomic E-state index is 0. The molecule has 0 N–H and O–H groups in total. The van der Waals surface area contributed by atoms with E-state index in [1.807, 2.05) is 13.8 Å². The molecule has 0 radical (unpaired) electrons. The SMILES string of the molecule is C.CC.CC(C)CCC(C)(C)C. The van der Waals surface area contributed by atoms with Crippen LogP contribution in [0.15, 0.2) is 0 Å². The molecule has 0 amide bonds. The Kier molecular flexibility index (Phi) is 13.6. The first-order valence-corrected chi connectivity index (χ1v) is 4.92. The highest BCUT2D eigenvalue weighted by Crippen LogP contribution is 2.22. The van der Waals surface area contributed by atoms with Gasteiger partial charge in [-0.1, -0.05) is 62.3 Å². The topological polar surface area (TPSA) is 0 Å². The zero-order valence-corrected chi connectivity index (χ0v) is 9.49. The molecule has 0 spiro atoms. The summed E-state index contributed by atoms with van der Waals surface area (Å²) in [6.45, 7) is 15.5. The molecule has 0 rings (SSSR count). The Morgan fingerprint density at radius 1 is 1.00 bits per heavy atom. The summed E-state index contributed by atoms with van der Waals surface area (Å²) in [6.07, 6.45) is 2.72. The average Bonchev–Trinajstić information content (AvgIpc) is 1.87. The van der Waals surface area contributed by atoms with Gasteiger partial charge in [0, 0.05) is 0 Å². The number of rotatable bonds is 2. The summed E-state index contributed by atoms with van der Waals surface area (Å²) in [4.78, 5) is 0. The van der Waals surface area contributed by atoms with Crippen molar-refractivity contribution in [2.24, 2.45) is 11.3 Å². The molecule has 0 fully saturated rings. The second kappa shape index (κ2) is 9.09. The fraction of sp³-hybridized carbons (Fsp3) is 1.00. The quantitative estimate of drug-likeness (QED) is 0.544. The summed E-state index contributed by atoms with van der Waals surface area (Å²) in [7, 11) is 0. The highest BCUT2D eigenvalue weighted by atomic mass is 14.2. The Morgan fingerprint density at radius 2 is 1.33 bits per heavy atom. The molecule has 0 heteroatoms. The van der Waals surface area contributed by atoms with Crippen LogP contribution >= 0.6 is 0 Å². The molecule has 0 saturated carbocycles. The second-order valence-electron chi connectivity index (χ2n) is 4.49. The van der Waals surface area contributed by atoms with Crippen LogP contribution in [0.1, 0.15) is 68.7 Å². The zero-order valence-electron chi connectivity index (χ0n) is 9.49. The summed E-state index contributed by atoms with van der Waals surface area (Å²) in [6, 6.07) is 0. The van der Waals surface area contributed by atoms with Gasteiger partial charge in [0.1, 0.15) is 0 Å². The molecule has 0 aromatic carbocycles. The van der Waals surface area contributed by atoms with Crippen molar-refractivity contribution in [2.75, 3.05) is 0 Å². The molecule has 0 atom stereocenters. The Balaban J connectivity index is -0.000000249. The van der Waals surface area contributed by atoms with Gasteiger partial charge >= 0.3 is 0 Å². The summed E-state index contributed by atoms with van der Waals surface area (Å²) in [5.41, 5.74) is 0.532. The first kappa shape index (κ1) is 17.9. The van der Waals surface area contributed by atoms with Crippen LogP contribution < -0.4 is 0 Å². The molecule has 0 unspecified atom stereocenters. The van der Waals surface area contributed by atoms with Crippen molar-refractivity contribution < 1.29 is 0 Å². The fourth-order valence-corrected chi connectivity index (χ4v) is 0.722. The lowest BCUT2D eigenvalue weighted by atomic mass is 9.88. The third kappa shape index (κ3) is 22.5. The molecule has 78 valence electrons. The van der Waals surface area contributed by atoms with Crippen molar-refractivity contribution in [3.63, 3.8) is 0 Å². The maximum absolute atomic E-state index is 2.30. The fourth-order valence-electron chi connectivity index (χ4n) is 0.722. The van der Waals surface area contributed by atoms with Crippen molar-refractivity contribution >= 4 is 0 Å². The lowest BCUT2D eigenvalue weighted by Crippen LogP contribution is -2.05. The highest BCUT2D eigenvalue weighted by Gasteiger charge is 2.09. The third-order valence-corrected chi connectivity index (χ3v) is 1.47. The van der Waals surface area contributed by atoms with Crippen LogP contribution in [0.5, 0.6) is 0 Å². The predicted molar refractivity (Wildman–Crippen MR) is 61.6 cm³/mol. The normalized spacial score (nSPS) is 10.0. The van der Waals surface area contributed by atoms with Crippen LogP contribution in [0.2, 0.25) is 0 Å². The van der Waals surface area contributed by atoms with Crippen LogP contribution in [0.4, 0.5) is 0 Å².